The molecule has 1 fully saturated rings. The number of carbonyl (C=O) groups excluding carboxylic acids is 2. The van der Waals surface area contributed by atoms with E-state index >= 15 is 0 Å². The second-order valence-corrected chi connectivity index (χ2v) is 7.67. The van der Waals surface area contributed by atoms with Gasteiger partial charge in [-0.2, -0.15) is 11.3 Å². The highest BCUT2D eigenvalue weighted by molar-refractivity contribution is 7.08. The molecule has 2 atom stereocenters. The Hall–Kier alpha value is -2.40. The third kappa shape index (κ3) is 3.07. The molecule has 0 aliphatic carbocycles. The number of thiophene rings is 1. The first-order valence-corrected chi connectivity index (χ1v) is 9.97. The van der Waals surface area contributed by atoms with E-state index in [1.54, 1.807) is 23.2 Å². The zero-order chi connectivity index (χ0) is 18.1. The van der Waals surface area contributed by atoms with Crippen LogP contribution in [0.25, 0.3) is 6.08 Å². The molecule has 2 aliphatic heterocycles. The zero-order valence-electron chi connectivity index (χ0n) is 14.8. The fourth-order valence-corrected chi connectivity index (χ4v) is 4.78. The first kappa shape index (κ1) is 17.0. The molecule has 26 heavy (non-hydrogen) atoms. The van der Waals surface area contributed by atoms with Crippen molar-refractivity contribution in [1.82, 2.24) is 9.80 Å². The highest BCUT2D eigenvalue weighted by Gasteiger charge is 2.34. The van der Waals surface area contributed by atoms with Gasteiger partial charge < -0.3 is 9.80 Å². The standard InChI is InChI=1S/C21H22N2O2S/c1-15(24)22-11-8-16-5-2-3-6-18(16)20(22)13-21(25)23-10-4-7-19(23)17-9-12-26-14-17/h2-3,5-6,8-9,11-12,14,19-20H,4,7,10,13H2,1H3/t19-,20-/m0/s1. The molecule has 2 aromatic rings. The molecule has 134 valence electrons. The van der Waals surface area contributed by atoms with Gasteiger partial charge in [-0.05, 0) is 52.4 Å². The number of rotatable bonds is 3. The Morgan fingerprint density at radius 2 is 2.08 bits per heavy atom. The van der Waals surface area contributed by atoms with Crippen molar-refractivity contribution in [2.75, 3.05) is 6.54 Å². The van der Waals surface area contributed by atoms with Crippen molar-refractivity contribution >= 4 is 29.2 Å². The van der Waals surface area contributed by atoms with Crippen molar-refractivity contribution in [2.45, 2.75) is 38.3 Å². The van der Waals surface area contributed by atoms with Crippen molar-refractivity contribution in [1.29, 1.82) is 0 Å². The van der Waals surface area contributed by atoms with Crippen LogP contribution in [-0.2, 0) is 9.59 Å². The fourth-order valence-electron chi connectivity index (χ4n) is 4.07. The van der Waals surface area contributed by atoms with Crippen LogP contribution >= 0.6 is 11.3 Å². The van der Waals surface area contributed by atoms with Crippen LogP contribution in [-0.4, -0.2) is 28.2 Å². The maximum Gasteiger partial charge on any atom is 0.225 e. The molecule has 0 spiro atoms. The number of nitrogens with zero attached hydrogens (tertiary/aromatic N) is 2. The monoisotopic (exact) mass is 366 g/mol. The Morgan fingerprint density at radius 3 is 2.85 bits per heavy atom. The van der Waals surface area contributed by atoms with Gasteiger partial charge in [-0.25, -0.2) is 0 Å². The summed E-state index contributed by atoms with van der Waals surface area (Å²) >= 11 is 1.67. The van der Waals surface area contributed by atoms with E-state index in [0.29, 0.717) is 6.42 Å². The molecular formula is C21H22N2O2S. The molecule has 0 bridgehead atoms. The number of hydrogen-bond acceptors (Lipinski definition) is 3. The quantitative estimate of drug-likeness (QED) is 0.809. The molecule has 5 heteroatoms. The predicted octanol–water partition coefficient (Wildman–Crippen LogP) is 4.38. The summed E-state index contributed by atoms with van der Waals surface area (Å²) in [6.45, 7) is 2.35. The Kier molecular flexibility index (Phi) is 4.64. The summed E-state index contributed by atoms with van der Waals surface area (Å²) in [5.74, 6) is 0.0874. The number of carbonyl (C=O) groups is 2. The molecule has 4 rings (SSSR count). The Balaban J connectivity index is 1.59. The van der Waals surface area contributed by atoms with Crippen LogP contribution in [0.4, 0.5) is 0 Å². The molecule has 0 radical (unpaired) electrons. The van der Waals surface area contributed by atoms with E-state index in [2.05, 4.69) is 16.8 Å². The fraction of sp³-hybridized carbons (Fsp3) is 0.333. The van der Waals surface area contributed by atoms with Gasteiger partial charge in [-0.15, -0.1) is 0 Å². The van der Waals surface area contributed by atoms with Crippen molar-refractivity contribution in [2.24, 2.45) is 0 Å². The molecule has 3 heterocycles. The van der Waals surface area contributed by atoms with Crippen LogP contribution in [0.2, 0.25) is 0 Å². The van der Waals surface area contributed by atoms with Gasteiger partial charge in [-0.1, -0.05) is 24.3 Å². The van der Waals surface area contributed by atoms with Crippen LogP contribution in [0.3, 0.4) is 0 Å². The summed E-state index contributed by atoms with van der Waals surface area (Å²) < 4.78 is 0. The topological polar surface area (TPSA) is 40.6 Å². The van der Waals surface area contributed by atoms with E-state index in [-0.39, 0.29) is 23.9 Å². The minimum Gasteiger partial charge on any atom is -0.336 e. The molecule has 1 aromatic carbocycles. The first-order chi connectivity index (χ1) is 12.6. The summed E-state index contributed by atoms with van der Waals surface area (Å²) in [4.78, 5) is 29.0. The second kappa shape index (κ2) is 7.08. The third-order valence-corrected chi connectivity index (χ3v) is 6.04. The Labute approximate surface area is 157 Å². The van der Waals surface area contributed by atoms with Crippen molar-refractivity contribution in [3.8, 4) is 0 Å². The predicted molar refractivity (Wildman–Crippen MR) is 103 cm³/mol. The minimum absolute atomic E-state index is 0.0376. The van der Waals surface area contributed by atoms with Crippen LogP contribution in [0.15, 0.2) is 47.3 Å². The number of hydrogen-bond donors (Lipinski definition) is 0. The van der Waals surface area contributed by atoms with Gasteiger partial charge in [0.05, 0.1) is 18.5 Å². The van der Waals surface area contributed by atoms with E-state index in [4.69, 9.17) is 0 Å². The smallest absolute Gasteiger partial charge is 0.225 e. The molecule has 0 saturated carbocycles. The van der Waals surface area contributed by atoms with Crippen LogP contribution in [0.5, 0.6) is 0 Å². The largest absolute Gasteiger partial charge is 0.336 e. The average molecular weight is 366 g/mol. The van der Waals surface area contributed by atoms with Gasteiger partial charge >= 0.3 is 0 Å². The van der Waals surface area contributed by atoms with Gasteiger partial charge in [0.25, 0.3) is 0 Å². The van der Waals surface area contributed by atoms with Gasteiger partial charge in [0.2, 0.25) is 11.8 Å². The lowest BCUT2D eigenvalue weighted by Gasteiger charge is -2.34. The summed E-state index contributed by atoms with van der Waals surface area (Å²) in [5, 5.41) is 4.20. The summed E-state index contributed by atoms with van der Waals surface area (Å²) in [6, 6.07) is 10.1. The van der Waals surface area contributed by atoms with Crippen molar-refractivity contribution in [3.63, 3.8) is 0 Å². The highest BCUT2D eigenvalue weighted by atomic mass is 32.1. The second-order valence-electron chi connectivity index (χ2n) is 6.89. The molecule has 1 aromatic heterocycles. The third-order valence-electron chi connectivity index (χ3n) is 5.34. The van der Waals surface area contributed by atoms with Gasteiger partial charge in [0, 0.05) is 19.7 Å². The normalized spacial score (nSPS) is 21.7. The van der Waals surface area contributed by atoms with Gasteiger partial charge in [-0.3, -0.25) is 9.59 Å². The Bertz CT molecular complexity index is 843. The summed E-state index contributed by atoms with van der Waals surface area (Å²) in [7, 11) is 0. The van der Waals surface area contributed by atoms with Crippen molar-refractivity contribution < 1.29 is 9.59 Å². The number of likely N-dealkylation sites (tertiary alicyclic amines) is 1. The van der Waals surface area contributed by atoms with Gasteiger partial charge in [0.15, 0.2) is 0 Å². The average Bonchev–Trinajstić information content (AvgIpc) is 3.32. The van der Waals surface area contributed by atoms with E-state index in [1.165, 1.54) is 5.56 Å². The van der Waals surface area contributed by atoms with E-state index < -0.39 is 0 Å². The van der Waals surface area contributed by atoms with Crippen molar-refractivity contribution in [3.05, 3.63) is 64.0 Å². The van der Waals surface area contributed by atoms with Crippen LogP contribution < -0.4 is 0 Å². The van der Waals surface area contributed by atoms with E-state index in [9.17, 15) is 9.59 Å². The van der Waals surface area contributed by atoms with Crippen LogP contribution in [0.1, 0.15) is 55.0 Å². The van der Waals surface area contributed by atoms with E-state index in [1.807, 2.05) is 41.4 Å². The van der Waals surface area contributed by atoms with Crippen LogP contribution in [0, 0.1) is 0 Å². The molecule has 4 nitrogen and oxygen atoms in total. The maximum absolute atomic E-state index is 13.2. The Morgan fingerprint density at radius 1 is 1.23 bits per heavy atom. The van der Waals surface area contributed by atoms with Gasteiger partial charge in [0.1, 0.15) is 0 Å². The molecule has 2 amide bonds. The summed E-state index contributed by atoms with van der Waals surface area (Å²) in [5.41, 5.74) is 3.36. The molecule has 0 N–H and O–H groups in total. The number of benzene rings is 1. The summed E-state index contributed by atoms with van der Waals surface area (Å²) in [6.07, 6.45) is 6.12. The minimum atomic E-state index is -0.232. The maximum atomic E-state index is 13.2. The lowest BCUT2D eigenvalue weighted by molar-refractivity contribution is -0.135. The highest BCUT2D eigenvalue weighted by Crippen LogP contribution is 2.37. The molecule has 0 unspecified atom stereocenters. The molecule has 1 saturated heterocycles. The number of fused-ring (bicyclic) bond motifs is 1. The SMILES string of the molecule is CC(=O)N1C=Cc2ccccc2[C@@H]1CC(=O)N1CCC[C@H]1c1ccsc1. The molecular weight excluding hydrogens is 344 g/mol. The number of amides is 2. The van der Waals surface area contributed by atoms with E-state index in [0.717, 1.165) is 30.5 Å². The lowest BCUT2D eigenvalue weighted by Crippen LogP contribution is -2.37. The first-order valence-electron chi connectivity index (χ1n) is 9.03. The zero-order valence-corrected chi connectivity index (χ0v) is 15.6. The molecule has 2 aliphatic rings. The lowest BCUT2D eigenvalue weighted by atomic mass is 9.93.